The van der Waals surface area contributed by atoms with Gasteiger partial charge in [-0.2, -0.15) is 0 Å². The summed E-state index contributed by atoms with van der Waals surface area (Å²) in [5.74, 6) is 0.901. The third-order valence-corrected chi connectivity index (χ3v) is 6.15. The van der Waals surface area contributed by atoms with E-state index in [2.05, 4.69) is 4.98 Å². The molecule has 5 nitrogen and oxygen atoms in total. The lowest BCUT2D eigenvalue weighted by Crippen LogP contribution is -2.48. The average Bonchev–Trinajstić information content (AvgIpc) is 2.82. The molecule has 1 aliphatic rings. The minimum absolute atomic E-state index is 0.0252. The molecule has 8 heteroatoms. The number of halogens is 1. The van der Waals surface area contributed by atoms with E-state index >= 15 is 0 Å². The number of carbonyl (C=O) groups excluding carboxylic acids is 1. The molecule has 0 aromatic carbocycles. The Kier molecular flexibility index (Phi) is 6.45. The minimum Gasteiger partial charge on any atom is -0.444 e. The van der Waals surface area contributed by atoms with Gasteiger partial charge in [-0.05, 0) is 40.0 Å². The highest BCUT2D eigenvalue weighted by Crippen LogP contribution is 2.23. The van der Waals surface area contributed by atoms with Crippen molar-refractivity contribution in [2.45, 2.75) is 57.4 Å². The lowest BCUT2D eigenvalue weighted by molar-refractivity contribution is 0.0125. The second-order valence-corrected chi connectivity index (χ2v) is 9.85. The van der Waals surface area contributed by atoms with E-state index in [0.29, 0.717) is 22.5 Å². The standard InChI is InChI=1S/C15H23ClN2O3S2/c1-15(2,3)21-14(19)18-7-5-4-6-11(18)9-23(20)10-12-8-17-13(16)22-12/h8,11H,4-7,9-10H2,1-3H3. The number of ether oxygens (including phenoxy) is 1. The maximum atomic E-state index is 12.4. The van der Waals surface area contributed by atoms with E-state index in [0.717, 1.165) is 24.1 Å². The second-order valence-electron chi connectivity index (χ2n) is 6.65. The maximum absolute atomic E-state index is 12.4. The first-order valence-corrected chi connectivity index (χ1v) is 10.4. The summed E-state index contributed by atoms with van der Waals surface area (Å²) in [6.07, 6.45) is 4.24. The van der Waals surface area contributed by atoms with Crippen molar-refractivity contribution in [2.75, 3.05) is 12.3 Å². The lowest BCUT2D eigenvalue weighted by Gasteiger charge is -2.36. The Bertz CT molecular complexity index is 571. The summed E-state index contributed by atoms with van der Waals surface area (Å²) < 4.78 is 18.3. The molecule has 1 aliphatic heterocycles. The van der Waals surface area contributed by atoms with Gasteiger partial charge in [-0.15, -0.1) is 11.3 Å². The summed E-state index contributed by atoms with van der Waals surface area (Å²) in [6, 6.07) is -0.0252. The van der Waals surface area contributed by atoms with Crippen molar-refractivity contribution in [1.29, 1.82) is 0 Å². The maximum Gasteiger partial charge on any atom is 0.410 e. The van der Waals surface area contributed by atoms with E-state index in [-0.39, 0.29) is 12.1 Å². The van der Waals surface area contributed by atoms with E-state index in [4.69, 9.17) is 16.3 Å². The molecule has 2 rings (SSSR count). The molecule has 2 unspecified atom stereocenters. The van der Waals surface area contributed by atoms with Crippen LogP contribution < -0.4 is 0 Å². The number of amides is 1. The number of piperidine rings is 1. The topological polar surface area (TPSA) is 59.5 Å². The minimum atomic E-state index is -1.05. The Morgan fingerprint density at radius 1 is 1.52 bits per heavy atom. The van der Waals surface area contributed by atoms with Crippen LogP contribution in [-0.2, 0) is 21.3 Å². The van der Waals surface area contributed by atoms with Gasteiger partial charge in [0, 0.05) is 40.2 Å². The van der Waals surface area contributed by atoms with Gasteiger partial charge in [-0.1, -0.05) is 11.6 Å². The van der Waals surface area contributed by atoms with Gasteiger partial charge < -0.3 is 9.64 Å². The third-order valence-electron chi connectivity index (χ3n) is 3.46. The molecule has 23 heavy (non-hydrogen) atoms. The normalized spacial score (nSPS) is 20.3. The number of aromatic nitrogens is 1. The number of nitrogens with zero attached hydrogens (tertiary/aromatic N) is 2. The highest BCUT2D eigenvalue weighted by molar-refractivity contribution is 7.84. The first-order valence-electron chi connectivity index (χ1n) is 7.69. The molecule has 1 saturated heterocycles. The number of hydrogen-bond donors (Lipinski definition) is 0. The Balaban J connectivity index is 1.95. The van der Waals surface area contributed by atoms with Crippen molar-refractivity contribution in [1.82, 2.24) is 9.88 Å². The highest BCUT2D eigenvalue weighted by Gasteiger charge is 2.31. The zero-order valence-electron chi connectivity index (χ0n) is 13.7. The molecule has 0 radical (unpaired) electrons. The van der Waals surface area contributed by atoms with Gasteiger partial charge in [0.2, 0.25) is 0 Å². The summed E-state index contributed by atoms with van der Waals surface area (Å²) in [6.45, 7) is 6.24. The summed E-state index contributed by atoms with van der Waals surface area (Å²) in [7, 11) is -1.05. The van der Waals surface area contributed by atoms with Crippen molar-refractivity contribution < 1.29 is 13.7 Å². The Morgan fingerprint density at radius 2 is 2.26 bits per heavy atom. The van der Waals surface area contributed by atoms with Gasteiger partial charge in [-0.25, -0.2) is 9.78 Å². The molecule has 0 bridgehead atoms. The summed E-state index contributed by atoms with van der Waals surface area (Å²) in [5, 5.41) is 0. The van der Waals surface area contributed by atoms with Crippen LogP contribution in [0.3, 0.4) is 0 Å². The Hall–Kier alpha value is -0.660. The zero-order chi connectivity index (χ0) is 17.0. The smallest absolute Gasteiger partial charge is 0.410 e. The van der Waals surface area contributed by atoms with Crippen LogP contribution in [0.2, 0.25) is 4.47 Å². The van der Waals surface area contributed by atoms with Crippen LogP contribution in [-0.4, -0.2) is 44.1 Å². The SMILES string of the molecule is CC(C)(C)OC(=O)N1CCCCC1CS(=O)Cc1cnc(Cl)s1. The Morgan fingerprint density at radius 3 is 2.87 bits per heavy atom. The van der Waals surface area contributed by atoms with Crippen LogP contribution in [0.25, 0.3) is 0 Å². The molecule has 1 aromatic rings. The lowest BCUT2D eigenvalue weighted by atomic mass is 10.0. The van der Waals surface area contributed by atoms with Crippen LogP contribution >= 0.6 is 22.9 Å². The molecule has 2 atom stereocenters. The predicted molar refractivity (Wildman–Crippen MR) is 94.4 cm³/mol. The van der Waals surface area contributed by atoms with Crippen LogP contribution in [0.15, 0.2) is 6.20 Å². The van der Waals surface area contributed by atoms with Gasteiger partial charge in [0.1, 0.15) is 5.60 Å². The summed E-state index contributed by atoms with van der Waals surface area (Å²) >= 11 is 7.15. The van der Waals surface area contributed by atoms with E-state index < -0.39 is 16.4 Å². The number of likely N-dealkylation sites (tertiary alicyclic amines) is 1. The van der Waals surface area contributed by atoms with Crippen LogP contribution in [0.1, 0.15) is 44.9 Å². The quantitative estimate of drug-likeness (QED) is 0.798. The molecule has 130 valence electrons. The van der Waals surface area contributed by atoms with Crippen molar-refractivity contribution in [3.8, 4) is 0 Å². The van der Waals surface area contributed by atoms with Gasteiger partial charge in [-0.3, -0.25) is 4.21 Å². The first kappa shape index (κ1) is 18.7. The number of carbonyl (C=O) groups is 1. The summed E-state index contributed by atoms with van der Waals surface area (Å²) in [5.41, 5.74) is -0.516. The van der Waals surface area contributed by atoms with E-state index in [9.17, 15) is 9.00 Å². The molecule has 1 amide bonds. The highest BCUT2D eigenvalue weighted by atomic mass is 35.5. The van der Waals surface area contributed by atoms with E-state index in [1.54, 1.807) is 11.1 Å². The van der Waals surface area contributed by atoms with Crippen LogP contribution in [0.5, 0.6) is 0 Å². The summed E-state index contributed by atoms with van der Waals surface area (Å²) in [4.78, 5) is 19.0. The van der Waals surface area contributed by atoms with Crippen molar-refractivity contribution in [3.63, 3.8) is 0 Å². The number of hydrogen-bond acceptors (Lipinski definition) is 5. The fourth-order valence-corrected chi connectivity index (χ4v) is 5.21. The van der Waals surface area contributed by atoms with E-state index in [1.807, 2.05) is 20.8 Å². The third kappa shape index (κ3) is 6.04. The average molecular weight is 379 g/mol. The number of rotatable bonds is 4. The molecule has 0 spiro atoms. The Labute approximate surface area is 148 Å². The molecule has 0 saturated carbocycles. The molecule has 0 N–H and O–H groups in total. The van der Waals surface area contributed by atoms with Gasteiger partial charge >= 0.3 is 6.09 Å². The zero-order valence-corrected chi connectivity index (χ0v) is 16.1. The van der Waals surface area contributed by atoms with Gasteiger partial charge in [0.15, 0.2) is 4.47 Å². The predicted octanol–water partition coefficient (Wildman–Crippen LogP) is 3.83. The molecular formula is C15H23ClN2O3S2. The van der Waals surface area contributed by atoms with E-state index in [1.165, 1.54) is 11.3 Å². The largest absolute Gasteiger partial charge is 0.444 e. The fourth-order valence-electron chi connectivity index (χ4n) is 2.52. The first-order chi connectivity index (χ1) is 10.7. The second kappa shape index (κ2) is 7.94. The van der Waals surface area contributed by atoms with Crippen molar-refractivity contribution >= 4 is 39.8 Å². The van der Waals surface area contributed by atoms with Crippen molar-refractivity contribution in [2.24, 2.45) is 0 Å². The van der Waals surface area contributed by atoms with Crippen LogP contribution in [0, 0.1) is 0 Å². The van der Waals surface area contributed by atoms with Gasteiger partial charge in [0.05, 0.1) is 5.75 Å². The monoisotopic (exact) mass is 378 g/mol. The van der Waals surface area contributed by atoms with Crippen molar-refractivity contribution in [3.05, 3.63) is 15.5 Å². The molecular weight excluding hydrogens is 356 g/mol. The molecule has 1 fully saturated rings. The van der Waals surface area contributed by atoms with Gasteiger partial charge in [0.25, 0.3) is 0 Å². The molecule has 0 aliphatic carbocycles. The van der Waals surface area contributed by atoms with Crippen LogP contribution in [0.4, 0.5) is 4.79 Å². The molecule has 2 heterocycles. The number of thiazole rings is 1. The fraction of sp³-hybridized carbons (Fsp3) is 0.733. The molecule has 1 aromatic heterocycles.